The van der Waals surface area contributed by atoms with Crippen molar-refractivity contribution in [2.45, 2.75) is 6.92 Å². The molecule has 0 amide bonds. The molecule has 2 heterocycles. The number of rotatable bonds is 1. The van der Waals surface area contributed by atoms with Crippen molar-refractivity contribution in [3.63, 3.8) is 0 Å². The van der Waals surface area contributed by atoms with Crippen molar-refractivity contribution in [3.8, 4) is 0 Å². The number of hydrogen-bond donors (Lipinski definition) is 0. The Morgan fingerprint density at radius 1 is 1.00 bits per heavy atom. The van der Waals surface area contributed by atoms with Gasteiger partial charge in [-0.3, -0.25) is 14.8 Å². The lowest BCUT2D eigenvalue weighted by atomic mass is 10.0. The minimum Gasteiger partial charge on any atom is -0.294 e. The molecule has 0 aliphatic rings. The average molecular weight is 222 g/mol. The fourth-order valence-electron chi connectivity index (χ4n) is 2.06. The maximum absolute atomic E-state index is 11.5. The summed E-state index contributed by atoms with van der Waals surface area (Å²) in [6, 6.07) is 9.54. The molecule has 0 saturated heterocycles. The first-order chi connectivity index (χ1) is 8.27. The lowest BCUT2D eigenvalue weighted by molar-refractivity contribution is 0.101. The Bertz CT molecular complexity index is 734. The van der Waals surface area contributed by atoms with Crippen molar-refractivity contribution in [2.75, 3.05) is 0 Å². The maximum Gasteiger partial charge on any atom is 0.160 e. The number of carbonyl (C=O) groups is 1. The molecule has 3 nitrogen and oxygen atoms in total. The van der Waals surface area contributed by atoms with Crippen LogP contribution in [0.25, 0.3) is 21.8 Å². The third-order valence-corrected chi connectivity index (χ3v) is 2.86. The molecule has 0 bridgehead atoms. The second-order valence-corrected chi connectivity index (χ2v) is 3.95. The zero-order chi connectivity index (χ0) is 11.8. The lowest BCUT2D eigenvalue weighted by Crippen LogP contribution is -1.95. The van der Waals surface area contributed by atoms with E-state index in [1.807, 2.05) is 24.3 Å². The van der Waals surface area contributed by atoms with Gasteiger partial charge in [0.2, 0.25) is 0 Å². The summed E-state index contributed by atoms with van der Waals surface area (Å²) in [6.45, 7) is 1.57. The first-order valence-electron chi connectivity index (χ1n) is 5.41. The number of nitrogens with zero attached hydrogens (tertiary/aromatic N) is 2. The number of benzene rings is 1. The molecule has 0 spiro atoms. The molecule has 3 aromatic rings. The highest BCUT2D eigenvalue weighted by Gasteiger charge is 2.08. The van der Waals surface area contributed by atoms with Crippen LogP contribution in [-0.4, -0.2) is 15.8 Å². The summed E-state index contributed by atoms with van der Waals surface area (Å²) in [4.78, 5) is 20.2. The summed E-state index contributed by atoms with van der Waals surface area (Å²) >= 11 is 0. The van der Waals surface area contributed by atoms with Crippen LogP contribution in [0.5, 0.6) is 0 Å². The van der Waals surface area contributed by atoms with Crippen LogP contribution in [-0.2, 0) is 0 Å². The molecule has 82 valence electrons. The monoisotopic (exact) mass is 222 g/mol. The molecule has 0 fully saturated rings. The number of carbonyl (C=O) groups excluding carboxylic acids is 1. The normalized spacial score (nSPS) is 10.9. The number of fused-ring (bicyclic) bond motifs is 3. The van der Waals surface area contributed by atoms with Crippen molar-refractivity contribution in [3.05, 3.63) is 48.3 Å². The second kappa shape index (κ2) is 3.63. The van der Waals surface area contributed by atoms with Crippen molar-refractivity contribution < 1.29 is 4.79 Å². The molecule has 0 saturated carbocycles. The number of Topliss-reactive ketones (excluding diaryl/α,β-unsaturated/α-hetero) is 1. The van der Waals surface area contributed by atoms with Gasteiger partial charge in [0.25, 0.3) is 0 Å². The fourth-order valence-corrected chi connectivity index (χ4v) is 2.06. The van der Waals surface area contributed by atoms with Crippen LogP contribution in [0.3, 0.4) is 0 Å². The van der Waals surface area contributed by atoms with Crippen molar-refractivity contribution in [1.29, 1.82) is 0 Å². The minimum absolute atomic E-state index is 0.0488. The van der Waals surface area contributed by atoms with E-state index >= 15 is 0 Å². The van der Waals surface area contributed by atoms with Crippen LogP contribution in [0.15, 0.2) is 42.7 Å². The molecular formula is C14H10N2O. The van der Waals surface area contributed by atoms with E-state index < -0.39 is 0 Å². The van der Waals surface area contributed by atoms with Crippen LogP contribution in [0, 0.1) is 0 Å². The molecule has 0 radical (unpaired) electrons. The van der Waals surface area contributed by atoms with Gasteiger partial charge in [-0.1, -0.05) is 18.2 Å². The predicted molar refractivity (Wildman–Crippen MR) is 67.0 cm³/mol. The second-order valence-electron chi connectivity index (χ2n) is 3.95. The zero-order valence-electron chi connectivity index (χ0n) is 9.34. The molecule has 0 aliphatic carbocycles. The number of hydrogen-bond acceptors (Lipinski definition) is 3. The highest BCUT2D eigenvalue weighted by molar-refractivity contribution is 6.12. The summed E-state index contributed by atoms with van der Waals surface area (Å²) in [5, 5.41) is 1.90. The maximum atomic E-state index is 11.5. The Morgan fingerprint density at radius 2 is 1.82 bits per heavy atom. The van der Waals surface area contributed by atoms with Crippen molar-refractivity contribution in [1.82, 2.24) is 9.97 Å². The Hall–Kier alpha value is -2.29. The van der Waals surface area contributed by atoms with Gasteiger partial charge in [0.1, 0.15) is 0 Å². The summed E-state index contributed by atoms with van der Waals surface area (Å²) < 4.78 is 0. The van der Waals surface area contributed by atoms with E-state index in [2.05, 4.69) is 9.97 Å². The fraction of sp³-hybridized carbons (Fsp3) is 0.0714. The standard InChI is InChI=1S/C14H10N2O/c1-9(17)11-6-8-16-14-12(11)5-4-10-3-2-7-15-13(10)14/h2-8H,1H3. The summed E-state index contributed by atoms with van der Waals surface area (Å²) in [7, 11) is 0. The van der Waals surface area contributed by atoms with Gasteiger partial charge in [-0.25, -0.2) is 0 Å². The van der Waals surface area contributed by atoms with E-state index in [1.165, 1.54) is 0 Å². The predicted octanol–water partition coefficient (Wildman–Crippen LogP) is 2.99. The molecule has 3 heteroatoms. The molecule has 0 atom stereocenters. The minimum atomic E-state index is 0.0488. The third-order valence-electron chi connectivity index (χ3n) is 2.86. The average Bonchev–Trinajstić information content (AvgIpc) is 2.37. The van der Waals surface area contributed by atoms with Gasteiger partial charge in [0.15, 0.2) is 5.78 Å². The summed E-state index contributed by atoms with van der Waals surface area (Å²) in [5.41, 5.74) is 2.33. The molecule has 0 aliphatic heterocycles. The molecule has 0 unspecified atom stereocenters. The topological polar surface area (TPSA) is 42.9 Å². The van der Waals surface area contributed by atoms with Crippen LogP contribution in [0.1, 0.15) is 17.3 Å². The Balaban J connectivity index is 2.52. The van der Waals surface area contributed by atoms with E-state index in [0.29, 0.717) is 5.56 Å². The number of aromatic nitrogens is 2. The first kappa shape index (κ1) is 9.90. The largest absolute Gasteiger partial charge is 0.294 e. The molecule has 2 aromatic heterocycles. The van der Waals surface area contributed by atoms with Gasteiger partial charge < -0.3 is 0 Å². The highest BCUT2D eigenvalue weighted by Crippen LogP contribution is 2.24. The zero-order valence-corrected chi connectivity index (χ0v) is 9.34. The van der Waals surface area contributed by atoms with Gasteiger partial charge in [0.05, 0.1) is 11.0 Å². The molecule has 3 rings (SSSR count). The molecule has 17 heavy (non-hydrogen) atoms. The first-order valence-corrected chi connectivity index (χ1v) is 5.41. The van der Waals surface area contributed by atoms with Gasteiger partial charge in [-0.05, 0) is 19.1 Å². The van der Waals surface area contributed by atoms with E-state index in [9.17, 15) is 4.79 Å². The van der Waals surface area contributed by atoms with E-state index in [0.717, 1.165) is 21.8 Å². The van der Waals surface area contributed by atoms with Crippen molar-refractivity contribution in [2.24, 2.45) is 0 Å². The Morgan fingerprint density at radius 3 is 2.65 bits per heavy atom. The van der Waals surface area contributed by atoms with E-state index in [1.54, 1.807) is 25.4 Å². The molecular weight excluding hydrogens is 212 g/mol. The smallest absolute Gasteiger partial charge is 0.160 e. The molecule has 1 aromatic carbocycles. The lowest BCUT2D eigenvalue weighted by Gasteiger charge is -2.05. The molecule has 0 N–H and O–H groups in total. The van der Waals surface area contributed by atoms with Gasteiger partial charge in [-0.2, -0.15) is 0 Å². The SMILES string of the molecule is CC(=O)c1ccnc2c1ccc1cccnc12. The van der Waals surface area contributed by atoms with E-state index in [-0.39, 0.29) is 5.78 Å². The van der Waals surface area contributed by atoms with Crippen molar-refractivity contribution >= 4 is 27.6 Å². The number of pyridine rings is 2. The van der Waals surface area contributed by atoms with Gasteiger partial charge in [0, 0.05) is 28.7 Å². The summed E-state index contributed by atoms with van der Waals surface area (Å²) in [5.74, 6) is 0.0488. The van der Waals surface area contributed by atoms with Crippen LogP contribution in [0.4, 0.5) is 0 Å². The third kappa shape index (κ3) is 1.47. The van der Waals surface area contributed by atoms with Crippen LogP contribution < -0.4 is 0 Å². The Labute approximate surface area is 98.1 Å². The van der Waals surface area contributed by atoms with Gasteiger partial charge in [-0.15, -0.1) is 0 Å². The summed E-state index contributed by atoms with van der Waals surface area (Å²) in [6.07, 6.45) is 3.40. The van der Waals surface area contributed by atoms with Crippen LogP contribution in [0.2, 0.25) is 0 Å². The highest BCUT2D eigenvalue weighted by atomic mass is 16.1. The van der Waals surface area contributed by atoms with Crippen LogP contribution >= 0.6 is 0 Å². The number of ketones is 1. The van der Waals surface area contributed by atoms with E-state index in [4.69, 9.17) is 0 Å². The quantitative estimate of drug-likeness (QED) is 0.469. The van der Waals surface area contributed by atoms with Gasteiger partial charge >= 0.3 is 0 Å². The Kier molecular flexibility index (Phi) is 2.11.